The zero-order chi connectivity index (χ0) is 22.4. The summed E-state index contributed by atoms with van der Waals surface area (Å²) in [6, 6.07) is 15.1. The molecule has 3 aromatic carbocycles. The number of halogens is 1. The topological polar surface area (TPSA) is 81.1 Å². The van der Waals surface area contributed by atoms with Gasteiger partial charge in [-0.1, -0.05) is 41.9 Å². The van der Waals surface area contributed by atoms with E-state index in [0.29, 0.717) is 28.2 Å². The van der Waals surface area contributed by atoms with Crippen LogP contribution in [0.5, 0.6) is 0 Å². The standard InChI is InChI=1S/C25H18ClN5O/c1-28-23-17-6-4-3-5-16(17)22(26)10-20(23)24-21(13-30-31(24)2)14-7-8-18-19(9-14)15(11-27)12-29-25(18)32/h3-10,12-13H,11,27H2,2H3,(H,29,32). The molecule has 0 bridgehead atoms. The predicted octanol–water partition coefficient (Wildman–Crippen LogP) is 5.41. The second kappa shape index (κ2) is 7.65. The van der Waals surface area contributed by atoms with Gasteiger partial charge < -0.3 is 10.7 Å². The zero-order valence-corrected chi connectivity index (χ0v) is 17.9. The Bertz CT molecular complexity index is 1620. The lowest BCUT2D eigenvalue weighted by atomic mass is 9.95. The summed E-state index contributed by atoms with van der Waals surface area (Å²) in [7, 11) is 1.84. The lowest BCUT2D eigenvalue weighted by Gasteiger charge is -2.13. The lowest BCUT2D eigenvalue weighted by molar-refractivity contribution is 0.776. The van der Waals surface area contributed by atoms with Crippen LogP contribution in [-0.2, 0) is 13.6 Å². The molecule has 0 aliphatic rings. The minimum Gasteiger partial charge on any atom is -0.328 e. The van der Waals surface area contributed by atoms with E-state index in [9.17, 15) is 4.79 Å². The van der Waals surface area contributed by atoms with Crippen molar-refractivity contribution >= 4 is 38.8 Å². The van der Waals surface area contributed by atoms with Crippen LogP contribution in [0.25, 0.3) is 48.8 Å². The molecule has 0 atom stereocenters. The fourth-order valence-electron chi connectivity index (χ4n) is 4.24. The summed E-state index contributed by atoms with van der Waals surface area (Å²) in [4.78, 5) is 18.9. The van der Waals surface area contributed by atoms with E-state index in [1.165, 1.54) is 0 Å². The quantitative estimate of drug-likeness (QED) is 0.369. The molecule has 2 heterocycles. The normalized spacial score (nSPS) is 11.2. The summed E-state index contributed by atoms with van der Waals surface area (Å²) >= 11 is 6.61. The van der Waals surface area contributed by atoms with Gasteiger partial charge in [-0.2, -0.15) is 5.10 Å². The van der Waals surface area contributed by atoms with Crippen molar-refractivity contribution in [3.05, 3.63) is 93.3 Å². The third-order valence-corrected chi connectivity index (χ3v) is 6.10. The van der Waals surface area contributed by atoms with Gasteiger partial charge in [-0.3, -0.25) is 9.48 Å². The van der Waals surface area contributed by atoms with Crippen LogP contribution in [-0.4, -0.2) is 14.8 Å². The molecule has 5 rings (SSSR count). The third kappa shape index (κ3) is 2.99. The first-order chi connectivity index (χ1) is 15.5. The van der Waals surface area contributed by atoms with Gasteiger partial charge in [0.1, 0.15) is 0 Å². The van der Waals surface area contributed by atoms with E-state index in [2.05, 4.69) is 14.9 Å². The Hall–Kier alpha value is -3.92. The van der Waals surface area contributed by atoms with Gasteiger partial charge in [0, 0.05) is 41.3 Å². The van der Waals surface area contributed by atoms with E-state index < -0.39 is 0 Å². The molecule has 0 radical (unpaired) electrons. The number of nitrogens with zero attached hydrogens (tertiary/aromatic N) is 3. The Kier molecular flexibility index (Phi) is 4.78. The highest BCUT2D eigenvalue weighted by Crippen LogP contribution is 2.44. The van der Waals surface area contributed by atoms with E-state index in [1.807, 2.05) is 49.5 Å². The molecule has 0 fully saturated rings. The summed E-state index contributed by atoms with van der Waals surface area (Å²) in [5, 5.41) is 8.06. The largest absolute Gasteiger partial charge is 0.328 e. The number of aromatic nitrogens is 3. The molecule has 0 spiro atoms. The van der Waals surface area contributed by atoms with Gasteiger partial charge in [-0.15, -0.1) is 0 Å². The van der Waals surface area contributed by atoms with E-state index in [1.54, 1.807) is 23.1 Å². The molecular formula is C25H18ClN5O. The van der Waals surface area contributed by atoms with Crippen LogP contribution < -0.4 is 11.3 Å². The van der Waals surface area contributed by atoms with Crippen LogP contribution >= 0.6 is 11.6 Å². The molecular weight excluding hydrogens is 422 g/mol. The summed E-state index contributed by atoms with van der Waals surface area (Å²) in [5.41, 5.74) is 10.3. The number of hydrogen-bond acceptors (Lipinski definition) is 3. The van der Waals surface area contributed by atoms with Crippen molar-refractivity contribution in [2.75, 3.05) is 0 Å². The maximum atomic E-state index is 12.3. The second-order valence-electron chi connectivity index (χ2n) is 7.55. The van der Waals surface area contributed by atoms with Gasteiger partial charge in [0.05, 0.1) is 18.5 Å². The lowest BCUT2D eigenvalue weighted by Crippen LogP contribution is -2.09. The number of nitrogens with two attached hydrogens (primary N) is 1. The number of H-pyrrole nitrogens is 1. The number of pyridine rings is 1. The van der Waals surface area contributed by atoms with Crippen molar-refractivity contribution in [3.8, 4) is 22.4 Å². The molecule has 32 heavy (non-hydrogen) atoms. The monoisotopic (exact) mass is 439 g/mol. The molecule has 7 heteroatoms. The first-order valence-electron chi connectivity index (χ1n) is 9.99. The van der Waals surface area contributed by atoms with Crippen LogP contribution in [0.4, 0.5) is 5.69 Å². The highest BCUT2D eigenvalue weighted by Gasteiger charge is 2.20. The van der Waals surface area contributed by atoms with Crippen LogP contribution in [0.1, 0.15) is 5.56 Å². The summed E-state index contributed by atoms with van der Waals surface area (Å²) in [6.07, 6.45) is 3.42. The first kappa shape index (κ1) is 20.0. The SMILES string of the molecule is [C-]#[N+]c1c(-c2c(-c3ccc4c(=O)[nH]cc(CN)c4c3)cnn2C)cc(Cl)c2ccccc12. The van der Waals surface area contributed by atoms with E-state index >= 15 is 0 Å². The molecule has 0 aliphatic heterocycles. The second-order valence-corrected chi connectivity index (χ2v) is 7.96. The molecule has 0 aliphatic carbocycles. The van der Waals surface area contributed by atoms with Crippen LogP contribution in [0.2, 0.25) is 5.02 Å². The maximum absolute atomic E-state index is 12.3. The van der Waals surface area contributed by atoms with Gasteiger partial charge in [0.2, 0.25) is 5.69 Å². The Morgan fingerprint density at radius 2 is 1.88 bits per heavy atom. The number of fused-ring (bicyclic) bond motifs is 2. The summed E-state index contributed by atoms with van der Waals surface area (Å²) < 4.78 is 1.75. The van der Waals surface area contributed by atoms with Gasteiger partial charge in [0.25, 0.3) is 5.56 Å². The van der Waals surface area contributed by atoms with Crippen molar-refractivity contribution in [1.82, 2.24) is 14.8 Å². The number of nitrogens with one attached hydrogen (secondary N) is 1. The number of rotatable bonds is 3. The molecule has 0 saturated carbocycles. The molecule has 5 aromatic rings. The van der Waals surface area contributed by atoms with Crippen LogP contribution in [0.3, 0.4) is 0 Å². The van der Waals surface area contributed by atoms with E-state index in [0.717, 1.165) is 38.5 Å². The predicted molar refractivity (Wildman–Crippen MR) is 129 cm³/mol. The van der Waals surface area contributed by atoms with Crippen LogP contribution in [0.15, 0.2) is 65.7 Å². The number of aryl methyl sites for hydroxylation is 1. The van der Waals surface area contributed by atoms with E-state index in [-0.39, 0.29) is 5.56 Å². The molecule has 6 nitrogen and oxygen atoms in total. The fraction of sp³-hybridized carbons (Fsp3) is 0.0800. The molecule has 0 unspecified atom stereocenters. The minimum atomic E-state index is -0.160. The van der Waals surface area contributed by atoms with Gasteiger partial charge in [0.15, 0.2) is 0 Å². The smallest absolute Gasteiger partial charge is 0.255 e. The molecule has 2 aromatic heterocycles. The first-order valence-corrected chi connectivity index (χ1v) is 10.4. The van der Waals surface area contributed by atoms with Crippen molar-refractivity contribution in [2.24, 2.45) is 12.8 Å². The Morgan fingerprint density at radius 1 is 1.09 bits per heavy atom. The number of hydrogen-bond donors (Lipinski definition) is 2. The Morgan fingerprint density at radius 3 is 2.62 bits per heavy atom. The molecule has 0 amide bonds. The van der Waals surface area contributed by atoms with Gasteiger partial charge in [-0.05, 0) is 45.5 Å². The maximum Gasteiger partial charge on any atom is 0.255 e. The van der Waals surface area contributed by atoms with Gasteiger partial charge >= 0.3 is 0 Å². The summed E-state index contributed by atoms with van der Waals surface area (Å²) in [5.74, 6) is 0. The van der Waals surface area contributed by atoms with Gasteiger partial charge in [-0.25, -0.2) is 4.85 Å². The molecule has 0 saturated heterocycles. The van der Waals surface area contributed by atoms with E-state index in [4.69, 9.17) is 23.9 Å². The summed E-state index contributed by atoms with van der Waals surface area (Å²) in [6.45, 7) is 8.17. The average Bonchev–Trinajstić information content (AvgIpc) is 3.20. The Labute approximate surface area is 188 Å². The zero-order valence-electron chi connectivity index (χ0n) is 17.2. The number of aromatic amines is 1. The van der Waals surface area contributed by atoms with Crippen LogP contribution in [0, 0.1) is 6.57 Å². The minimum absolute atomic E-state index is 0.160. The third-order valence-electron chi connectivity index (χ3n) is 5.79. The van der Waals surface area contributed by atoms with Crippen molar-refractivity contribution in [2.45, 2.75) is 6.54 Å². The Balaban J connectivity index is 1.81. The van der Waals surface area contributed by atoms with Crippen molar-refractivity contribution < 1.29 is 0 Å². The fourth-order valence-corrected chi connectivity index (χ4v) is 4.51. The highest BCUT2D eigenvalue weighted by molar-refractivity contribution is 6.36. The van der Waals surface area contributed by atoms with Crippen molar-refractivity contribution in [1.29, 1.82) is 0 Å². The molecule has 3 N–H and O–H groups in total. The molecule has 156 valence electrons. The van der Waals surface area contributed by atoms with Crippen molar-refractivity contribution in [3.63, 3.8) is 0 Å². The number of benzene rings is 3. The highest BCUT2D eigenvalue weighted by atomic mass is 35.5. The average molecular weight is 440 g/mol.